The Hall–Kier alpha value is -0.960. The molecule has 0 aliphatic carbocycles. The molecule has 0 aliphatic rings. The van der Waals surface area contributed by atoms with Gasteiger partial charge in [0.25, 0.3) is 6.43 Å². The van der Waals surface area contributed by atoms with Crippen LogP contribution in [0.5, 0.6) is 0 Å². The molecule has 0 atom stereocenters. The number of alkyl halides is 2. The predicted octanol–water partition coefficient (Wildman–Crippen LogP) is 3.33. The van der Waals surface area contributed by atoms with Crippen LogP contribution < -0.4 is 0 Å². The molecule has 1 rings (SSSR count). The highest BCUT2D eigenvalue weighted by molar-refractivity contribution is 5.23. The normalized spacial score (nSPS) is 10.9. The van der Waals surface area contributed by atoms with E-state index in [4.69, 9.17) is 5.11 Å². The molecule has 1 aromatic rings. The monoisotopic (exact) mass is 214 g/mol. The van der Waals surface area contributed by atoms with Crippen LogP contribution in [-0.4, -0.2) is 11.7 Å². The maximum Gasteiger partial charge on any atom is 0.263 e. The lowest BCUT2D eigenvalue weighted by Crippen LogP contribution is -1.89. The zero-order valence-corrected chi connectivity index (χ0v) is 8.63. The Balaban J connectivity index is 2.36. The maximum atomic E-state index is 12.2. The van der Waals surface area contributed by atoms with Crippen LogP contribution in [0.1, 0.15) is 36.8 Å². The summed E-state index contributed by atoms with van der Waals surface area (Å²) in [6, 6.07) is 6.46. The van der Waals surface area contributed by atoms with E-state index in [1.165, 1.54) is 12.1 Å². The minimum absolute atomic E-state index is 0.0779. The summed E-state index contributed by atoms with van der Waals surface area (Å²) >= 11 is 0. The van der Waals surface area contributed by atoms with Crippen molar-refractivity contribution in [3.63, 3.8) is 0 Å². The number of aryl methyl sites for hydroxylation is 1. The van der Waals surface area contributed by atoms with E-state index in [-0.39, 0.29) is 12.2 Å². The first-order valence-electron chi connectivity index (χ1n) is 5.22. The molecular formula is C12H16F2O. The molecular weight excluding hydrogens is 198 g/mol. The second kappa shape index (κ2) is 6.51. The zero-order chi connectivity index (χ0) is 11.1. The van der Waals surface area contributed by atoms with Crippen LogP contribution in [0.2, 0.25) is 0 Å². The molecule has 0 bridgehead atoms. The van der Waals surface area contributed by atoms with Crippen molar-refractivity contribution in [1.82, 2.24) is 0 Å². The molecule has 0 fully saturated rings. The molecule has 0 saturated carbocycles. The summed E-state index contributed by atoms with van der Waals surface area (Å²) in [5.74, 6) is 0. The van der Waals surface area contributed by atoms with Gasteiger partial charge < -0.3 is 5.11 Å². The Morgan fingerprint density at radius 3 is 2.20 bits per heavy atom. The smallest absolute Gasteiger partial charge is 0.263 e. The fourth-order valence-corrected chi connectivity index (χ4v) is 1.45. The lowest BCUT2D eigenvalue weighted by molar-refractivity contribution is 0.151. The summed E-state index contributed by atoms with van der Waals surface area (Å²) in [6.07, 6.45) is 1.30. The van der Waals surface area contributed by atoms with E-state index in [1.54, 1.807) is 12.1 Å². The molecule has 15 heavy (non-hydrogen) atoms. The first-order valence-corrected chi connectivity index (χ1v) is 5.22. The summed E-state index contributed by atoms with van der Waals surface area (Å²) in [5.41, 5.74) is 1.16. The molecule has 84 valence electrons. The number of halogens is 2. The van der Waals surface area contributed by atoms with Crippen molar-refractivity contribution in [2.45, 2.75) is 32.1 Å². The van der Waals surface area contributed by atoms with Crippen LogP contribution in [-0.2, 0) is 6.42 Å². The number of aliphatic hydroxyl groups is 1. The van der Waals surface area contributed by atoms with Gasteiger partial charge in [0.2, 0.25) is 0 Å². The van der Waals surface area contributed by atoms with Gasteiger partial charge in [-0.1, -0.05) is 30.7 Å². The third-order valence-corrected chi connectivity index (χ3v) is 2.36. The first-order chi connectivity index (χ1) is 7.24. The molecule has 0 aromatic heterocycles. The largest absolute Gasteiger partial charge is 0.396 e. The Kier molecular flexibility index (Phi) is 5.26. The number of benzene rings is 1. The molecule has 0 amide bonds. The molecule has 0 saturated heterocycles. The first kappa shape index (κ1) is 12.1. The summed E-state index contributed by atoms with van der Waals surface area (Å²) in [6.45, 7) is 0.227. The molecule has 0 heterocycles. The van der Waals surface area contributed by atoms with E-state index in [9.17, 15) is 8.78 Å². The van der Waals surface area contributed by atoms with Crippen LogP contribution in [0.15, 0.2) is 24.3 Å². The van der Waals surface area contributed by atoms with Crippen LogP contribution in [0, 0.1) is 0 Å². The lowest BCUT2D eigenvalue weighted by Gasteiger charge is -2.03. The molecule has 1 aromatic carbocycles. The second-order valence-electron chi connectivity index (χ2n) is 3.58. The summed E-state index contributed by atoms with van der Waals surface area (Å²) in [7, 11) is 0. The average Bonchev–Trinajstić information content (AvgIpc) is 2.25. The van der Waals surface area contributed by atoms with Crippen LogP contribution >= 0.6 is 0 Å². The number of unbranched alkanes of at least 4 members (excludes halogenated alkanes) is 2. The maximum absolute atomic E-state index is 12.2. The standard InChI is InChI=1S/C12H16F2O/c13-12(14)11-7-5-10(6-8-11)4-2-1-3-9-15/h5-8,12,15H,1-4,9H2. The number of hydrogen-bond donors (Lipinski definition) is 1. The van der Waals surface area contributed by atoms with Gasteiger partial charge in [-0.2, -0.15) is 0 Å². The molecule has 0 aliphatic heterocycles. The lowest BCUT2D eigenvalue weighted by atomic mass is 10.1. The van der Waals surface area contributed by atoms with Gasteiger partial charge in [0.1, 0.15) is 0 Å². The number of rotatable bonds is 6. The zero-order valence-electron chi connectivity index (χ0n) is 8.63. The average molecular weight is 214 g/mol. The van der Waals surface area contributed by atoms with Crippen molar-refractivity contribution >= 4 is 0 Å². The number of aliphatic hydroxyl groups excluding tert-OH is 1. The molecule has 0 unspecified atom stereocenters. The van der Waals surface area contributed by atoms with E-state index in [1.807, 2.05) is 0 Å². The Bertz CT molecular complexity index is 269. The van der Waals surface area contributed by atoms with E-state index < -0.39 is 6.43 Å². The Morgan fingerprint density at radius 1 is 1.00 bits per heavy atom. The quantitative estimate of drug-likeness (QED) is 0.720. The molecule has 3 heteroatoms. The Labute approximate surface area is 88.7 Å². The third-order valence-electron chi connectivity index (χ3n) is 2.36. The van der Waals surface area contributed by atoms with Gasteiger partial charge >= 0.3 is 0 Å². The van der Waals surface area contributed by atoms with Gasteiger partial charge in [0, 0.05) is 12.2 Å². The van der Waals surface area contributed by atoms with Gasteiger partial charge in [0.15, 0.2) is 0 Å². The minimum atomic E-state index is -2.38. The molecule has 0 radical (unpaired) electrons. The van der Waals surface area contributed by atoms with Gasteiger partial charge in [0.05, 0.1) is 0 Å². The molecule has 1 nitrogen and oxygen atoms in total. The third kappa shape index (κ3) is 4.38. The highest BCUT2D eigenvalue weighted by Crippen LogP contribution is 2.19. The van der Waals surface area contributed by atoms with Crippen molar-refractivity contribution in [2.24, 2.45) is 0 Å². The second-order valence-corrected chi connectivity index (χ2v) is 3.58. The van der Waals surface area contributed by atoms with Gasteiger partial charge in [-0.3, -0.25) is 0 Å². The minimum Gasteiger partial charge on any atom is -0.396 e. The fraction of sp³-hybridized carbons (Fsp3) is 0.500. The fourth-order valence-electron chi connectivity index (χ4n) is 1.45. The number of hydrogen-bond acceptors (Lipinski definition) is 1. The van der Waals surface area contributed by atoms with Gasteiger partial charge in [-0.25, -0.2) is 8.78 Å². The van der Waals surface area contributed by atoms with E-state index in [2.05, 4.69) is 0 Å². The van der Waals surface area contributed by atoms with Gasteiger partial charge in [-0.15, -0.1) is 0 Å². The van der Waals surface area contributed by atoms with Crippen molar-refractivity contribution in [1.29, 1.82) is 0 Å². The van der Waals surface area contributed by atoms with Crippen molar-refractivity contribution in [3.05, 3.63) is 35.4 Å². The van der Waals surface area contributed by atoms with Crippen LogP contribution in [0.25, 0.3) is 0 Å². The van der Waals surface area contributed by atoms with Gasteiger partial charge in [-0.05, 0) is 24.8 Å². The summed E-state index contributed by atoms with van der Waals surface area (Å²) in [4.78, 5) is 0. The summed E-state index contributed by atoms with van der Waals surface area (Å²) < 4.78 is 24.4. The van der Waals surface area contributed by atoms with Crippen molar-refractivity contribution in [3.8, 4) is 0 Å². The molecule has 1 N–H and O–H groups in total. The topological polar surface area (TPSA) is 20.2 Å². The van der Waals surface area contributed by atoms with E-state index in [0.717, 1.165) is 31.2 Å². The Morgan fingerprint density at radius 2 is 1.67 bits per heavy atom. The van der Waals surface area contributed by atoms with Crippen molar-refractivity contribution < 1.29 is 13.9 Å². The van der Waals surface area contributed by atoms with Crippen LogP contribution in [0.3, 0.4) is 0 Å². The molecule has 0 spiro atoms. The highest BCUT2D eigenvalue weighted by Gasteiger charge is 2.05. The van der Waals surface area contributed by atoms with Crippen LogP contribution in [0.4, 0.5) is 8.78 Å². The van der Waals surface area contributed by atoms with E-state index >= 15 is 0 Å². The highest BCUT2D eigenvalue weighted by atomic mass is 19.3. The van der Waals surface area contributed by atoms with E-state index in [0.29, 0.717) is 0 Å². The van der Waals surface area contributed by atoms with Crippen molar-refractivity contribution in [2.75, 3.05) is 6.61 Å². The summed E-state index contributed by atoms with van der Waals surface area (Å²) in [5, 5.41) is 8.58. The SMILES string of the molecule is OCCCCCc1ccc(C(F)F)cc1. The predicted molar refractivity (Wildman–Crippen MR) is 56.0 cm³/mol.